The SMILES string of the molecule is CCc1cc(=O)n(CCNC(=O)c2nc3nc(C)cc(C)n3n2)cn1. The smallest absolute Gasteiger partial charge is 0.291 e. The molecule has 0 saturated carbocycles. The Bertz CT molecular complexity index is 990. The normalized spacial score (nSPS) is 11.0. The summed E-state index contributed by atoms with van der Waals surface area (Å²) in [5.74, 6) is 0.0277. The lowest BCUT2D eigenvalue weighted by Crippen LogP contribution is -2.31. The molecule has 0 saturated heterocycles. The highest BCUT2D eigenvalue weighted by Crippen LogP contribution is 2.05. The van der Waals surface area contributed by atoms with Crippen LogP contribution in [0.3, 0.4) is 0 Å². The number of hydrogen-bond acceptors (Lipinski definition) is 6. The molecule has 1 amide bonds. The molecule has 9 nitrogen and oxygen atoms in total. The molecule has 0 aromatic carbocycles. The van der Waals surface area contributed by atoms with Gasteiger partial charge >= 0.3 is 0 Å². The van der Waals surface area contributed by atoms with Crippen molar-refractivity contribution in [1.29, 1.82) is 0 Å². The average Bonchev–Trinajstić information content (AvgIpc) is 3.00. The van der Waals surface area contributed by atoms with E-state index >= 15 is 0 Å². The molecule has 0 bridgehead atoms. The lowest BCUT2D eigenvalue weighted by molar-refractivity contribution is 0.0942. The van der Waals surface area contributed by atoms with Crippen LogP contribution >= 0.6 is 0 Å². The van der Waals surface area contributed by atoms with Crippen molar-refractivity contribution < 1.29 is 4.79 Å². The molecule has 0 fully saturated rings. The van der Waals surface area contributed by atoms with Crippen LogP contribution in [0.1, 0.15) is 34.6 Å². The van der Waals surface area contributed by atoms with Crippen LogP contribution in [0, 0.1) is 13.8 Å². The zero-order chi connectivity index (χ0) is 18.0. The molecule has 0 aliphatic heterocycles. The zero-order valence-electron chi connectivity index (χ0n) is 14.4. The van der Waals surface area contributed by atoms with Gasteiger partial charge in [0, 0.05) is 36.2 Å². The highest BCUT2D eigenvalue weighted by atomic mass is 16.2. The maximum Gasteiger partial charge on any atom is 0.291 e. The molecule has 1 N–H and O–H groups in total. The molecule has 0 spiro atoms. The predicted molar refractivity (Wildman–Crippen MR) is 90.5 cm³/mol. The first kappa shape index (κ1) is 16.7. The summed E-state index contributed by atoms with van der Waals surface area (Å²) in [6.45, 7) is 6.26. The number of nitrogens with one attached hydrogen (secondary N) is 1. The summed E-state index contributed by atoms with van der Waals surface area (Å²) in [6, 6.07) is 3.37. The fourth-order valence-corrected chi connectivity index (χ4v) is 2.46. The van der Waals surface area contributed by atoms with Gasteiger partial charge in [-0.05, 0) is 26.3 Å². The van der Waals surface area contributed by atoms with Crippen LogP contribution < -0.4 is 10.9 Å². The van der Waals surface area contributed by atoms with Crippen LogP contribution in [-0.4, -0.2) is 41.6 Å². The van der Waals surface area contributed by atoms with Crippen molar-refractivity contribution in [2.24, 2.45) is 0 Å². The highest BCUT2D eigenvalue weighted by molar-refractivity contribution is 5.90. The molecule has 25 heavy (non-hydrogen) atoms. The number of aryl methyl sites for hydroxylation is 3. The number of amides is 1. The number of aromatic nitrogens is 6. The van der Waals surface area contributed by atoms with E-state index in [2.05, 4.69) is 25.4 Å². The Morgan fingerprint density at radius 2 is 2.04 bits per heavy atom. The number of hydrogen-bond donors (Lipinski definition) is 1. The van der Waals surface area contributed by atoms with E-state index in [1.807, 2.05) is 26.8 Å². The van der Waals surface area contributed by atoms with Gasteiger partial charge in [-0.25, -0.2) is 14.5 Å². The quantitative estimate of drug-likeness (QED) is 0.715. The summed E-state index contributed by atoms with van der Waals surface area (Å²) in [5, 5.41) is 6.88. The molecule has 3 rings (SSSR count). The Hall–Kier alpha value is -3.10. The molecule has 0 radical (unpaired) electrons. The number of carbonyl (C=O) groups excluding carboxylic acids is 1. The van der Waals surface area contributed by atoms with E-state index in [1.54, 1.807) is 0 Å². The maximum absolute atomic E-state index is 12.2. The molecule has 0 aliphatic carbocycles. The second kappa shape index (κ2) is 6.80. The van der Waals surface area contributed by atoms with Gasteiger partial charge in [-0.15, -0.1) is 5.10 Å². The lowest BCUT2D eigenvalue weighted by atomic mass is 10.3. The van der Waals surface area contributed by atoms with Crippen LogP contribution in [0.25, 0.3) is 5.78 Å². The van der Waals surface area contributed by atoms with Crippen LogP contribution in [0.4, 0.5) is 0 Å². The third-order valence-electron chi connectivity index (χ3n) is 3.76. The highest BCUT2D eigenvalue weighted by Gasteiger charge is 2.14. The number of nitrogens with zero attached hydrogens (tertiary/aromatic N) is 6. The van der Waals surface area contributed by atoms with Gasteiger partial charge in [-0.3, -0.25) is 14.2 Å². The summed E-state index contributed by atoms with van der Waals surface area (Å²) in [7, 11) is 0. The van der Waals surface area contributed by atoms with E-state index < -0.39 is 5.91 Å². The fourth-order valence-electron chi connectivity index (χ4n) is 2.46. The van der Waals surface area contributed by atoms with E-state index in [0.717, 1.165) is 17.1 Å². The van der Waals surface area contributed by atoms with Crippen molar-refractivity contribution in [3.8, 4) is 0 Å². The first-order valence-electron chi connectivity index (χ1n) is 8.02. The van der Waals surface area contributed by atoms with Crippen molar-refractivity contribution in [1.82, 2.24) is 34.4 Å². The fraction of sp³-hybridized carbons (Fsp3) is 0.375. The van der Waals surface area contributed by atoms with E-state index in [1.165, 1.54) is 21.5 Å². The third kappa shape index (κ3) is 3.54. The van der Waals surface area contributed by atoms with Gasteiger partial charge in [0.05, 0.1) is 6.33 Å². The monoisotopic (exact) mass is 341 g/mol. The first-order chi connectivity index (χ1) is 12.0. The summed E-state index contributed by atoms with van der Waals surface area (Å²) in [6.07, 6.45) is 2.20. The first-order valence-corrected chi connectivity index (χ1v) is 8.02. The van der Waals surface area contributed by atoms with E-state index in [0.29, 0.717) is 18.7 Å². The van der Waals surface area contributed by atoms with Crippen molar-refractivity contribution in [3.63, 3.8) is 0 Å². The molecular formula is C16H19N7O2. The molecular weight excluding hydrogens is 322 g/mol. The maximum atomic E-state index is 12.2. The molecule has 0 aliphatic rings. The van der Waals surface area contributed by atoms with Gasteiger partial charge in [-0.2, -0.15) is 4.98 Å². The number of fused-ring (bicyclic) bond motifs is 1. The molecule has 3 aromatic heterocycles. The van der Waals surface area contributed by atoms with Gasteiger partial charge in [0.25, 0.3) is 17.2 Å². The molecule has 0 unspecified atom stereocenters. The van der Waals surface area contributed by atoms with Crippen LogP contribution in [0.5, 0.6) is 0 Å². The van der Waals surface area contributed by atoms with Crippen LogP contribution in [-0.2, 0) is 13.0 Å². The second-order valence-electron chi connectivity index (χ2n) is 5.71. The van der Waals surface area contributed by atoms with Gasteiger partial charge in [0.15, 0.2) is 0 Å². The summed E-state index contributed by atoms with van der Waals surface area (Å²) in [4.78, 5) is 36.7. The minimum Gasteiger partial charge on any atom is -0.347 e. The van der Waals surface area contributed by atoms with Gasteiger partial charge in [0.2, 0.25) is 5.82 Å². The topological polar surface area (TPSA) is 107 Å². The molecule has 3 aromatic rings. The third-order valence-corrected chi connectivity index (χ3v) is 3.76. The van der Waals surface area contributed by atoms with Crippen molar-refractivity contribution in [2.75, 3.05) is 6.54 Å². The zero-order valence-corrected chi connectivity index (χ0v) is 14.4. The summed E-state index contributed by atoms with van der Waals surface area (Å²) in [5.41, 5.74) is 2.27. The predicted octanol–water partition coefficient (Wildman–Crippen LogP) is 0.290. The van der Waals surface area contributed by atoms with Crippen molar-refractivity contribution in [3.05, 3.63) is 51.7 Å². The standard InChI is InChI=1S/C16H19N7O2/c1-4-12-8-13(24)22(9-18-12)6-5-17-15(25)14-20-16-19-10(2)7-11(3)23(16)21-14/h7-9H,4-6H2,1-3H3,(H,17,25). The van der Waals surface area contributed by atoms with E-state index in [4.69, 9.17) is 0 Å². The Kier molecular flexibility index (Phi) is 4.55. The van der Waals surface area contributed by atoms with Gasteiger partial charge < -0.3 is 5.32 Å². The summed E-state index contributed by atoms with van der Waals surface area (Å²) < 4.78 is 2.98. The minimum atomic E-state index is -0.409. The lowest BCUT2D eigenvalue weighted by Gasteiger charge is -2.06. The molecule has 3 heterocycles. The molecule has 9 heteroatoms. The van der Waals surface area contributed by atoms with E-state index in [9.17, 15) is 9.59 Å². The van der Waals surface area contributed by atoms with Crippen LogP contribution in [0.2, 0.25) is 0 Å². The number of rotatable bonds is 5. The van der Waals surface area contributed by atoms with Crippen LogP contribution in [0.15, 0.2) is 23.3 Å². The Labute approximate surface area is 143 Å². The molecule has 0 atom stereocenters. The average molecular weight is 341 g/mol. The Morgan fingerprint density at radius 1 is 1.24 bits per heavy atom. The van der Waals surface area contributed by atoms with Gasteiger partial charge in [-0.1, -0.05) is 6.92 Å². The Balaban J connectivity index is 1.67. The largest absolute Gasteiger partial charge is 0.347 e. The second-order valence-corrected chi connectivity index (χ2v) is 5.71. The van der Waals surface area contributed by atoms with Gasteiger partial charge in [0.1, 0.15) is 0 Å². The van der Waals surface area contributed by atoms with E-state index in [-0.39, 0.29) is 17.9 Å². The molecule has 130 valence electrons. The number of carbonyl (C=O) groups is 1. The minimum absolute atomic E-state index is 0.0491. The van der Waals surface area contributed by atoms with Crippen molar-refractivity contribution in [2.45, 2.75) is 33.7 Å². The Morgan fingerprint density at radius 3 is 2.76 bits per heavy atom. The summed E-state index contributed by atoms with van der Waals surface area (Å²) >= 11 is 0. The van der Waals surface area contributed by atoms with Crippen molar-refractivity contribution >= 4 is 11.7 Å².